The Labute approximate surface area is 83.1 Å². The van der Waals surface area contributed by atoms with Crippen molar-refractivity contribution < 1.29 is 0 Å². The van der Waals surface area contributed by atoms with Gasteiger partial charge < -0.3 is 0 Å². The van der Waals surface area contributed by atoms with Crippen LogP contribution in [-0.2, 0) is 0 Å². The summed E-state index contributed by atoms with van der Waals surface area (Å²) in [5.74, 6) is 4.20. The zero-order chi connectivity index (χ0) is 9.64. The van der Waals surface area contributed by atoms with Crippen molar-refractivity contribution in [3.8, 4) is 0 Å². The van der Waals surface area contributed by atoms with Gasteiger partial charge in [-0.25, -0.2) is 0 Å². The second kappa shape index (κ2) is 3.00. The van der Waals surface area contributed by atoms with E-state index >= 15 is 0 Å². The Balaban J connectivity index is 2.18. The van der Waals surface area contributed by atoms with Crippen LogP contribution in [0, 0.1) is 29.1 Å². The Morgan fingerprint density at radius 1 is 1.08 bits per heavy atom. The molecular weight excluding hydrogens is 156 g/mol. The first-order valence-electron chi connectivity index (χ1n) is 6.17. The molecule has 0 amide bonds. The van der Waals surface area contributed by atoms with Crippen LogP contribution in [0.2, 0.25) is 0 Å². The Hall–Kier alpha value is 0. The van der Waals surface area contributed by atoms with Gasteiger partial charge in [-0.3, -0.25) is 0 Å². The second-order valence-corrected chi connectivity index (χ2v) is 5.47. The maximum absolute atomic E-state index is 2.51. The van der Waals surface area contributed by atoms with Gasteiger partial charge in [0.15, 0.2) is 0 Å². The molecule has 0 aliphatic heterocycles. The molecule has 0 aromatic carbocycles. The van der Waals surface area contributed by atoms with Gasteiger partial charge in [0.25, 0.3) is 0 Å². The smallest absolute Gasteiger partial charge is 0.0243 e. The molecule has 0 nitrogen and oxygen atoms in total. The fourth-order valence-electron chi connectivity index (χ4n) is 4.76. The lowest BCUT2D eigenvalue weighted by Gasteiger charge is -2.60. The Kier molecular flexibility index (Phi) is 2.20. The lowest BCUT2D eigenvalue weighted by molar-refractivity contribution is -0.115. The van der Waals surface area contributed by atoms with Crippen LogP contribution in [-0.4, -0.2) is 0 Å². The molecule has 2 rings (SSSR count). The monoisotopic (exact) mass is 180 g/mol. The standard InChI is InChI=1S/C13H24/c1-5-13(6-2)10(4)12-9(3)7-8-11(12)13/h9-12H,5-8H2,1-4H3. The van der Waals surface area contributed by atoms with Crippen LogP contribution in [0.1, 0.15) is 53.4 Å². The van der Waals surface area contributed by atoms with E-state index in [9.17, 15) is 0 Å². The van der Waals surface area contributed by atoms with E-state index in [1.165, 1.54) is 25.7 Å². The third-order valence-electron chi connectivity index (χ3n) is 5.59. The Morgan fingerprint density at radius 3 is 2.23 bits per heavy atom. The maximum Gasteiger partial charge on any atom is -0.0243 e. The van der Waals surface area contributed by atoms with Crippen molar-refractivity contribution in [3.63, 3.8) is 0 Å². The second-order valence-electron chi connectivity index (χ2n) is 5.47. The molecule has 0 N–H and O–H groups in total. The predicted molar refractivity (Wildman–Crippen MR) is 57.6 cm³/mol. The van der Waals surface area contributed by atoms with Gasteiger partial charge in [0.1, 0.15) is 0 Å². The fourth-order valence-corrected chi connectivity index (χ4v) is 4.76. The van der Waals surface area contributed by atoms with Crippen molar-refractivity contribution in [2.24, 2.45) is 29.1 Å². The van der Waals surface area contributed by atoms with Gasteiger partial charge >= 0.3 is 0 Å². The van der Waals surface area contributed by atoms with Crippen LogP contribution in [0.3, 0.4) is 0 Å². The highest BCUT2D eigenvalue weighted by Gasteiger charge is 2.60. The summed E-state index contributed by atoms with van der Waals surface area (Å²) in [4.78, 5) is 0. The van der Waals surface area contributed by atoms with Crippen LogP contribution in [0.4, 0.5) is 0 Å². The minimum absolute atomic E-state index is 0.745. The fraction of sp³-hybridized carbons (Fsp3) is 1.00. The summed E-state index contributed by atoms with van der Waals surface area (Å²) < 4.78 is 0. The first kappa shape index (κ1) is 9.55. The first-order chi connectivity index (χ1) is 6.17. The highest BCUT2D eigenvalue weighted by molar-refractivity contribution is 5.08. The summed E-state index contributed by atoms with van der Waals surface area (Å²) in [6, 6.07) is 0. The number of hydrogen-bond acceptors (Lipinski definition) is 0. The quantitative estimate of drug-likeness (QED) is 0.600. The molecule has 2 aliphatic rings. The molecule has 4 atom stereocenters. The van der Waals surface area contributed by atoms with Gasteiger partial charge in [-0.05, 0) is 48.3 Å². The van der Waals surface area contributed by atoms with Gasteiger partial charge in [-0.1, -0.05) is 34.1 Å². The van der Waals surface area contributed by atoms with Crippen molar-refractivity contribution in [1.82, 2.24) is 0 Å². The molecule has 0 bridgehead atoms. The van der Waals surface area contributed by atoms with E-state index in [-0.39, 0.29) is 0 Å². The third kappa shape index (κ3) is 0.980. The summed E-state index contributed by atoms with van der Waals surface area (Å²) in [6.07, 6.45) is 5.86. The van der Waals surface area contributed by atoms with Gasteiger partial charge in [-0.2, -0.15) is 0 Å². The molecule has 2 saturated carbocycles. The SMILES string of the molecule is CCC1(CC)C(C)C2C(C)CCC21. The molecule has 13 heavy (non-hydrogen) atoms. The van der Waals surface area contributed by atoms with Crippen LogP contribution in [0.15, 0.2) is 0 Å². The minimum atomic E-state index is 0.745. The molecule has 0 heteroatoms. The van der Waals surface area contributed by atoms with E-state index in [2.05, 4.69) is 27.7 Å². The molecule has 2 fully saturated rings. The summed E-state index contributed by atoms with van der Waals surface area (Å²) in [5, 5.41) is 0. The molecule has 0 spiro atoms. The molecule has 0 heterocycles. The van der Waals surface area contributed by atoms with E-state index in [1.807, 2.05) is 0 Å². The predicted octanol–water partition coefficient (Wildman–Crippen LogP) is 4.10. The van der Waals surface area contributed by atoms with Gasteiger partial charge in [0, 0.05) is 0 Å². The topological polar surface area (TPSA) is 0 Å². The average molecular weight is 180 g/mol. The molecule has 4 unspecified atom stereocenters. The van der Waals surface area contributed by atoms with E-state index in [0.717, 1.165) is 29.1 Å². The van der Waals surface area contributed by atoms with Crippen molar-refractivity contribution in [2.75, 3.05) is 0 Å². The Morgan fingerprint density at radius 2 is 1.69 bits per heavy atom. The molecule has 0 aromatic rings. The largest absolute Gasteiger partial charge is 0.0648 e. The zero-order valence-corrected chi connectivity index (χ0v) is 9.64. The molecule has 0 aromatic heterocycles. The first-order valence-corrected chi connectivity index (χ1v) is 6.17. The van der Waals surface area contributed by atoms with Gasteiger partial charge in [0.05, 0.1) is 0 Å². The Bertz CT molecular complexity index is 190. The lowest BCUT2D eigenvalue weighted by Crippen LogP contribution is -2.53. The van der Waals surface area contributed by atoms with Crippen LogP contribution >= 0.6 is 0 Å². The summed E-state index contributed by atoms with van der Waals surface area (Å²) >= 11 is 0. The molecule has 2 aliphatic carbocycles. The number of hydrogen-bond donors (Lipinski definition) is 0. The summed E-state index contributed by atoms with van der Waals surface area (Å²) in [6.45, 7) is 9.78. The highest BCUT2D eigenvalue weighted by Crippen LogP contribution is 2.67. The highest BCUT2D eigenvalue weighted by atomic mass is 14.6. The van der Waals surface area contributed by atoms with E-state index in [4.69, 9.17) is 0 Å². The molecule has 76 valence electrons. The van der Waals surface area contributed by atoms with E-state index < -0.39 is 0 Å². The van der Waals surface area contributed by atoms with Crippen LogP contribution in [0.25, 0.3) is 0 Å². The van der Waals surface area contributed by atoms with E-state index in [0.29, 0.717) is 0 Å². The molecule has 0 radical (unpaired) electrons. The normalized spacial score (nSPS) is 47.1. The average Bonchev–Trinajstić information content (AvgIpc) is 2.47. The maximum atomic E-state index is 2.51. The van der Waals surface area contributed by atoms with Crippen molar-refractivity contribution in [3.05, 3.63) is 0 Å². The van der Waals surface area contributed by atoms with Crippen LogP contribution < -0.4 is 0 Å². The lowest BCUT2D eigenvalue weighted by atomic mass is 9.45. The summed E-state index contributed by atoms with van der Waals surface area (Å²) in [7, 11) is 0. The number of fused-ring (bicyclic) bond motifs is 1. The van der Waals surface area contributed by atoms with Crippen molar-refractivity contribution in [1.29, 1.82) is 0 Å². The zero-order valence-electron chi connectivity index (χ0n) is 9.64. The third-order valence-corrected chi connectivity index (χ3v) is 5.59. The van der Waals surface area contributed by atoms with Crippen LogP contribution in [0.5, 0.6) is 0 Å². The van der Waals surface area contributed by atoms with Gasteiger partial charge in [0.2, 0.25) is 0 Å². The van der Waals surface area contributed by atoms with E-state index in [1.54, 1.807) is 0 Å². The number of rotatable bonds is 2. The van der Waals surface area contributed by atoms with Gasteiger partial charge in [-0.15, -0.1) is 0 Å². The summed E-state index contributed by atoms with van der Waals surface area (Å²) in [5.41, 5.74) is 0.745. The van der Waals surface area contributed by atoms with Crippen molar-refractivity contribution in [2.45, 2.75) is 53.4 Å². The van der Waals surface area contributed by atoms with Crippen molar-refractivity contribution >= 4 is 0 Å². The minimum Gasteiger partial charge on any atom is -0.0648 e. The molecule has 0 saturated heterocycles. The molecular formula is C13H24.